The first-order chi connectivity index (χ1) is 6.86. The molecular weight excluding hydrogens is 180 g/mol. The number of hydrogen-bond acceptors (Lipinski definition) is 4. The number of para-hydroxylation sites is 1. The molecule has 0 aliphatic carbocycles. The van der Waals surface area contributed by atoms with Gasteiger partial charge in [0.2, 0.25) is 0 Å². The van der Waals surface area contributed by atoms with Crippen LogP contribution in [0.1, 0.15) is 5.56 Å². The summed E-state index contributed by atoms with van der Waals surface area (Å²) in [6.07, 6.45) is 4.48. The molecule has 1 heterocycles. The molecule has 0 unspecified atom stereocenters. The van der Waals surface area contributed by atoms with E-state index in [1.54, 1.807) is 24.4 Å². The molecule has 0 saturated carbocycles. The molecule has 2 aromatic rings. The molecule has 0 spiro atoms. The summed E-state index contributed by atoms with van der Waals surface area (Å²) in [5.74, 6) is 0.198. The van der Waals surface area contributed by atoms with E-state index in [0.717, 1.165) is 0 Å². The van der Waals surface area contributed by atoms with Crippen molar-refractivity contribution in [2.24, 2.45) is 5.10 Å². The fraction of sp³-hybridized carbons (Fsp3) is 0. The molecule has 0 saturated heterocycles. The van der Waals surface area contributed by atoms with Crippen LogP contribution >= 0.6 is 0 Å². The lowest BCUT2D eigenvalue weighted by Gasteiger charge is -1.95. The molecule has 0 aliphatic heterocycles. The van der Waals surface area contributed by atoms with E-state index < -0.39 is 0 Å². The molecule has 1 N–H and O–H groups in total. The molecule has 14 heavy (non-hydrogen) atoms. The number of aromatic nitrogens is 3. The lowest BCUT2D eigenvalue weighted by molar-refractivity contribution is 0.474. The number of phenolic OH excluding ortho intramolecular Hbond substituents is 1. The van der Waals surface area contributed by atoms with E-state index in [1.807, 2.05) is 6.07 Å². The summed E-state index contributed by atoms with van der Waals surface area (Å²) >= 11 is 0. The normalized spacial score (nSPS) is 10.9. The van der Waals surface area contributed by atoms with E-state index in [9.17, 15) is 5.11 Å². The zero-order valence-corrected chi connectivity index (χ0v) is 7.28. The molecule has 0 atom stereocenters. The summed E-state index contributed by atoms with van der Waals surface area (Å²) in [6, 6.07) is 6.95. The Balaban J connectivity index is 2.23. The summed E-state index contributed by atoms with van der Waals surface area (Å²) < 4.78 is 1.45. The minimum atomic E-state index is 0.198. The molecule has 0 aliphatic rings. The van der Waals surface area contributed by atoms with Gasteiger partial charge in [-0.15, -0.1) is 10.2 Å². The van der Waals surface area contributed by atoms with Crippen molar-refractivity contribution in [3.05, 3.63) is 42.5 Å². The number of hydrogen-bond donors (Lipinski definition) is 1. The van der Waals surface area contributed by atoms with Crippen molar-refractivity contribution in [1.82, 2.24) is 14.9 Å². The van der Waals surface area contributed by atoms with E-state index in [1.165, 1.54) is 17.3 Å². The van der Waals surface area contributed by atoms with Gasteiger partial charge in [0.1, 0.15) is 18.4 Å². The molecule has 0 bridgehead atoms. The first-order valence-electron chi connectivity index (χ1n) is 4.03. The van der Waals surface area contributed by atoms with Crippen LogP contribution in [0.2, 0.25) is 0 Å². The van der Waals surface area contributed by atoms with Gasteiger partial charge in [-0.3, -0.25) is 0 Å². The Hall–Kier alpha value is -2.17. The highest BCUT2D eigenvalue weighted by molar-refractivity contribution is 5.83. The van der Waals surface area contributed by atoms with Crippen molar-refractivity contribution in [3.63, 3.8) is 0 Å². The van der Waals surface area contributed by atoms with Gasteiger partial charge in [0, 0.05) is 5.56 Å². The molecular formula is C9H8N4O. The summed E-state index contributed by atoms with van der Waals surface area (Å²) in [4.78, 5) is 0. The third-order valence-corrected chi connectivity index (χ3v) is 1.67. The van der Waals surface area contributed by atoms with Crippen molar-refractivity contribution in [1.29, 1.82) is 0 Å². The second-order valence-corrected chi connectivity index (χ2v) is 2.65. The first-order valence-corrected chi connectivity index (χ1v) is 4.03. The SMILES string of the molecule is Oc1ccccc1/C=N/n1cnnc1. The number of nitrogens with zero attached hydrogens (tertiary/aromatic N) is 4. The topological polar surface area (TPSA) is 63.3 Å². The van der Waals surface area contributed by atoms with E-state index in [4.69, 9.17) is 0 Å². The highest BCUT2D eigenvalue weighted by atomic mass is 16.3. The molecule has 70 valence electrons. The molecule has 0 fully saturated rings. The summed E-state index contributed by atoms with van der Waals surface area (Å²) in [5, 5.41) is 20.6. The number of phenols is 1. The van der Waals surface area contributed by atoms with E-state index in [-0.39, 0.29) is 5.75 Å². The lowest BCUT2D eigenvalue weighted by Crippen LogP contribution is -1.87. The smallest absolute Gasteiger partial charge is 0.141 e. The maximum Gasteiger partial charge on any atom is 0.141 e. The van der Waals surface area contributed by atoms with Gasteiger partial charge in [-0.05, 0) is 12.1 Å². The average molecular weight is 188 g/mol. The van der Waals surface area contributed by atoms with Crippen LogP contribution in [0.25, 0.3) is 0 Å². The van der Waals surface area contributed by atoms with Gasteiger partial charge >= 0.3 is 0 Å². The minimum absolute atomic E-state index is 0.198. The Morgan fingerprint density at radius 3 is 2.64 bits per heavy atom. The van der Waals surface area contributed by atoms with E-state index in [0.29, 0.717) is 5.56 Å². The molecule has 2 rings (SSSR count). The zero-order valence-electron chi connectivity index (χ0n) is 7.28. The quantitative estimate of drug-likeness (QED) is 0.711. The predicted octanol–water partition coefficient (Wildman–Crippen LogP) is 0.866. The summed E-state index contributed by atoms with van der Waals surface area (Å²) in [7, 11) is 0. The average Bonchev–Trinajstić information content (AvgIpc) is 2.69. The number of aromatic hydroxyl groups is 1. The Kier molecular flexibility index (Phi) is 2.22. The van der Waals surface area contributed by atoms with Crippen LogP contribution in [0.5, 0.6) is 5.75 Å². The van der Waals surface area contributed by atoms with Crippen LogP contribution in [-0.2, 0) is 0 Å². The van der Waals surface area contributed by atoms with Gasteiger partial charge < -0.3 is 5.11 Å². The maximum absolute atomic E-state index is 9.41. The van der Waals surface area contributed by atoms with Crippen molar-refractivity contribution >= 4 is 6.21 Å². The Bertz CT molecular complexity index is 436. The Labute approximate surface area is 80.3 Å². The second kappa shape index (κ2) is 3.69. The second-order valence-electron chi connectivity index (χ2n) is 2.65. The van der Waals surface area contributed by atoms with Gasteiger partial charge in [-0.1, -0.05) is 12.1 Å². The fourth-order valence-corrected chi connectivity index (χ4v) is 0.980. The highest BCUT2D eigenvalue weighted by Gasteiger charge is 1.94. The molecule has 5 heteroatoms. The van der Waals surface area contributed by atoms with Crippen molar-refractivity contribution in [2.75, 3.05) is 0 Å². The van der Waals surface area contributed by atoms with Gasteiger partial charge in [0.15, 0.2) is 0 Å². The Morgan fingerprint density at radius 2 is 1.93 bits per heavy atom. The molecule has 1 aromatic carbocycles. The van der Waals surface area contributed by atoms with Crippen LogP contribution < -0.4 is 0 Å². The minimum Gasteiger partial charge on any atom is -0.507 e. The number of rotatable bonds is 2. The first kappa shape index (κ1) is 8.43. The van der Waals surface area contributed by atoms with E-state index in [2.05, 4.69) is 15.3 Å². The molecule has 5 nitrogen and oxygen atoms in total. The van der Waals surface area contributed by atoms with Gasteiger partial charge in [-0.2, -0.15) is 5.10 Å². The van der Waals surface area contributed by atoms with Crippen LogP contribution in [0.15, 0.2) is 42.0 Å². The summed E-state index contributed by atoms with van der Waals surface area (Å²) in [5.41, 5.74) is 0.654. The Morgan fingerprint density at radius 1 is 1.21 bits per heavy atom. The molecule has 1 aromatic heterocycles. The van der Waals surface area contributed by atoms with Crippen LogP contribution in [-0.4, -0.2) is 26.2 Å². The van der Waals surface area contributed by atoms with Gasteiger partial charge in [-0.25, -0.2) is 4.68 Å². The van der Waals surface area contributed by atoms with Crippen LogP contribution in [0, 0.1) is 0 Å². The van der Waals surface area contributed by atoms with Crippen molar-refractivity contribution < 1.29 is 5.11 Å². The van der Waals surface area contributed by atoms with Gasteiger partial charge in [0.05, 0.1) is 6.21 Å². The van der Waals surface area contributed by atoms with E-state index >= 15 is 0 Å². The standard InChI is InChI=1S/C9H8N4O/c14-9-4-2-1-3-8(9)5-12-13-6-10-11-7-13/h1-7,14H/b12-5+. The van der Waals surface area contributed by atoms with Crippen LogP contribution in [0.3, 0.4) is 0 Å². The van der Waals surface area contributed by atoms with Crippen molar-refractivity contribution in [3.8, 4) is 5.75 Å². The third kappa shape index (κ3) is 1.77. The predicted molar refractivity (Wildman–Crippen MR) is 51.1 cm³/mol. The third-order valence-electron chi connectivity index (χ3n) is 1.67. The van der Waals surface area contributed by atoms with Crippen molar-refractivity contribution in [2.45, 2.75) is 0 Å². The number of benzene rings is 1. The molecule has 0 radical (unpaired) electrons. The summed E-state index contributed by atoms with van der Waals surface area (Å²) in [6.45, 7) is 0. The highest BCUT2D eigenvalue weighted by Crippen LogP contribution is 2.12. The maximum atomic E-state index is 9.41. The zero-order chi connectivity index (χ0) is 9.80. The van der Waals surface area contributed by atoms with Gasteiger partial charge in [0.25, 0.3) is 0 Å². The lowest BCUT2D eigenvalue weighted by atomic mass is 10.2. The van der Waals surface area contributed by atoms with Crippen LogP contribution in [0.4, 0.5) is 0 Å². The largest absolute Gasteiger partial charge is 0.507 e. The molecule has 0 amide bonds. The monoisotopic (exact) mass is 188 g/mol. The fourth-order valence-electron chi connectivity index (χ4n) is 0.980.